The molecule has 4 nitrogen and oxygen atoms in total. The molecule has 1 aromatic heterocycles. The molecule has 0 aliphatic rings. The summed E-state index contributed by atoms with van der Waals surface area (Å²) in [5, 5.41) is 13.3. The zero-order valence-corrected chi connectivity index (χ0v) is 10.1. The quantitative estimate of drug-likeness (QED) is 0.908. The molecule has 94 valence electrons. The molecular weight excluding hydrogens is 235 g/mol. The van der Waals surface area contributed by atoms with Gasteiger partial charge in [0.2, 0.25) is 0 Å². The van der Waals surface area contributed by atoms with Crippen LogP contribution in [0.25, 0.3) is 5.69 Å². The van der Waals surface area contributed by atoms with Gasteiger partial charge in [0.25, 0.3) is 0 Å². The van der Waals surface area contributed by atoms with Crippen LogP contribution >= 0.6 is 0 Å². The highest BCUT2D eigenvalue weighted by Gasteiger charge is 2.14. The Kier molecular flexibility index (Phi) is 3.14. The highest BCUT2D eigenvalue weighted by molar-refractivity contribution is 5.91. The molecule has 1 N–H and O–H groups in total. The molecule has 2 rings (SSSR count). The second kappa shape index (κ2) is 4.60. The van der Waals surface area contributed by atoms with Crippen molar-refractivity contribution in [2.45, 2.75) is 19.8 Å². The fourth-order valence-corrected chi connectivity index (χ4v) is 1.66. The maximum Gasteiger partial charge on any atom is 0.338 e. The minimum absolute atomic E-state index is 0.103. The van der Waals surface area contributed by atoms with Gasteiger partial charge in [0, 0.05) is 6.20 Å². The summed E-state index contributed by atoms with van der Waals surface area (Å²) in [6.07, 6.45) is 1.68. The summed E-state index contributed by atoms with van der Waals surface area (Å²) >= 11 is 0. The van der Waals surface area contributed by atoms with E-state index in [2.05, 4.69) is 5.10 Å². The van der Waals surface area contributed by atoms with Crippen LogP contribution in [0.4, 0.5) is 4.39 Å². The molecule has 18 heavy (non-hydrogen) atoms. The second-order valence-corrected chi connectivity index (χ2v) is 4.31. The lowest BCUT2D eigenvalue weighted by Crippen LogP contribution is -2.07. The molecular formula is C13H13FN2O2. The van der Waals surface area contributed by atoms with Crippen molar-refractivity contribution in [2.24, 2.45) is 0 Å². The Morgan fingerprint density at radius 1 is 1.39 bits per heavy atom. The van der Waals surface area contributed by atoms with Gasteiger partial charge in [-0.2, -0.15) is 5.10 Å². The first-order valence-electron chi connectivity index (χ1n) is 5.58. The first-order chi connectivity index (χ1) is 8.49. The zero-order valence-electron chi connectivity index (χ0n) is 10.1. The highest BCUT2D eigenvalue weighted by Crippen LogP contribution is 2.18. The van der Waals surface area contributed by atoms with Gasteiger partial charge in [-0.25, -0.2) is 13.9 Å². The number of carbonyl (C=O) groups is 1. The number of hydrogen-bond donors (Lipinski definition) is 1. The summed E-state index contributed by atoms with van der Waals surface area (Å²) in [6, 6.07) is 5.45. The molecule has 0 saturated heterocycles. The van der Waals surface area contributed by atoms with Crippen molar-refractivity contribution in [3.63, 3.8) is 0 Å². The number of benzene rings is 1. The molecule has 0 fully saturated rings. The van der Waals surface area contributed by atoms with E-state index in [1.807, 2.05) is 19.9 Å². The smallest absolute Gasteiger partial charge is 0.338 e. The Bertz CT molecular complexity index is 590. The van der Waals surface area contributed by atoms with Gasteiger partial charge in [0.15, 0.2) is 0 Å². The summed E-state index contributed by atoms with van der Waals surface area (Å²) in [6.45, 7) is 3.99. The summed E-state index contributed by atoms with van der Waals surface area (Å²) in [5.74, 6) is -1.50. The van der Waals surface area contributed by atoms with Crippen LogP contribution in [-0.4, -0.2) is 20.9 Å². The van der Waals surface area contributed by atoms with Gasteiger partial charge in [0.1, 0.15) is 5.82 Å². The van der Waals surface area contributed by atoms with Gasteiger partial charge in [-0.3, -0.25) is 0 Å². The second-order valence-electron chi connectivity index (χ2n) is 4.31. The number of aromatic nitrogens is 2. The SMILES string of the molecule is CC(C)c1ccn(-c2ccc(F)cc2C(=O)O)n1. The molecule has 0 spiro atoms. The van der Waals surface area contributed by atoms with E-state index < -0.39 is 11.8 Å². The fourth-order valence-electron chi connectivity index (χ4n) is 1.66. The third-order valence-electron chi connectivity index (χ3n) is 2.64. The lowest BCUT2D eigenvalue weighted by atomic mass is 10.1. The van der Waals surface area contributed by atoms with E-state index in [-0.39, 0.29) is 11.5 Å². The van der Waals surface area contributed by atoms with Crippen LogP contribution in [0.15, 0.2) is 30.5 Å². The van der Waals surface area contributed by atoms with Crippen molar-refractivity contribution in [3.05, 3.63) is 47.5 Å². The lowest BCUT2D eigenvalue weighted by molar-refractivity contribution is 0.0696. The largest absolute Gasteiger partial charge is 0.478 e. The van der Waals surface area contributed by atoms with Crippen LogP contribution in [0.3, 0.4) is 0 Å². The molecule has 0 atom stereocenters. The zero-order chi connectivity index (χ0) is 13.3. The average Bonchev–Trinajstić information content (AvgIpc) is 2.78. The summed E-state index contributed by atoms with van der Waals surface area (Å²) in [5.41, 5.74) is 1.11. The fraction of sp³-hybridized carbons (Fsp3) is 0.231. The molecule has 0 radical (unpaired) electrons. The summed E-state index contributed by atoms with van der Waals surface area (Å²) < 4.78 is 14.5. The third-order valence-corrected chi connectivity index (χ3v) is 2.64. The standard InChI is InChI=1S/C13H13FN2O2/c1-8(2)11-5-6-16(15-11)12-4-3-9(14)7-10(12)13(17)18/h3-8H,1-2H3,(H,17,18). The van der Waals surface area contributed by atoms with Crippen molar-refractivity contribution in [3.8, 4) is 5.69 Å². The van der Waals surface area contributed by atoms with Crippen LogP contribution < -0.4 is 0 Å². The summed E-state index contributed by atoms with van der Waals surface area (Å²) in [4.78, 5) is 11.1. The Morgan fingerprint density at radius 2 is 2.11 bits per heavy atom. The number of halogens is 1. The summed E-state index contributed by atoms with van der Waals surface area (Å²) in [7, 11) is 0. The molecule has 0 unspecified atom stereocenters. The van der Waals surface area contributed by atoms with E-state index in [4.69, 9.17) is 5.11 Å². The Labute approximate surface area is 104 Å². The van der Waals surface area contributed by atoms with E-state index in [1.54, 1.807) is 6.20 Å². The molecule has 0 aliphatic heterocycles. The van der Waals surface area contributed by atoms with Crippen LogP contribution in [0, 0.1) is 5.82 Å². The monoisotopic (exact) mass is 248 g/mol. The van der Waals surface area contributed by atoms with E-state index in [1.165, 1.54) is 16.8 Å². The van der Waals surface area contributed by atoms with Gasteiger partial charge >= 0.3 is 5.97 Å². The van der Waals surface area contributed by atoms with Crippen molar-refractivity contribution >= 4 is 5.97 Å². The predicted molar refractivity (Wildman–Crippen MR) is 64.6 cm³/mol. The van der Waals surface area contributed by atoms with Crippen LogP contribution in [0.5, 0.6) is 0 Å². The minimum atomic E-state index is -1.17. The molecule has 0 bridgehead atoms. The van der Waals surface area contributed by atoms with Gasteiger partial charge in [-0.15, -0.1) is 0 Å². The molecule has 5 heteroatoms. The van der Waals surface area contributed by atoms with E-state index in [9.17, 15) is 9.18 Å². The number of aromatic carboxylic acids is 1. The average molecular weight is 248 g/mol. The number of carboxylic acid groups (broad SMARTS) is 1. The maximum atomic E-state index is 13.1. The molecule has 0 saturated carbocycles. The molecule has 0 amide bonds. The normalized spacial score (nSPS) is 10.9. The Morgan fingerprint density at radius 3 is 2.67 bits per heavy atom. The maximum absolute atomic E-state index is 13.1. The predicted octanol–water partition coefficient (Wildman–Crippen LogP) is 2.83. The Hall–Kier alpha value is -2.17. The highest BCUT2D eigenvalue weighted by atomic mass is 19.1. The van der Waals surface area contributed by atoms with Crippen molar-refractivity contribution in [2.75, 3.05) is 0 Å². The lowest BCUT2D eigenvalue weighted by Gasteiger charge is -2.06. The van der Waals surface area contributed by atoms with E-state index in [0.717, 1.165) is 11.8 Å². The number of nitrogens with zero attached hydrogens (tertiary/aromatic N) is 2. The van der Waals surface area contributed by atoms with Gasteiger partial charge in [0.05, 0.1) is 16.9 Å². The van der Waals surface area contributed by atoms with Gasteiger partial charge < -0.3 is 5.11 Å². The molecule has 1 heterocycles. The Balaban J connectivity index is 2.52. The third kappa shape index (κ3) is 2.25. The molecule has 0 aliphatic carbocycles. The first kappa shape index (κ1) is 12.3. The van der Waals surface area contributed by atoms with Crippen LogP contribution in [0.2, 0.25) is 0 Å². The number of hydrogen-bond acceptors (Lipinski definition) is 2. The van der Waals surface area contributed by atoms with Gasteiger partial charge in [-0.05, 0) is 30.2 Å². The first-order valence-corrected chi connectivity index (χ1v) is 5.58. The van der Waals surface area contributed by atoms with Crippen molar-refractivity contribution < 1.29 is 14.3 Å². The van der Waals surface area contributed by atoms with Crippen LogP contribution in [0.1, 0.15) is 35.8 Å². The van der Waals surface area contributed by atoms with Gasteiger partial charge in [-0.1, -0.05) is 13.8 Å². The van der Waals surface area contributed by atoms with E-state index in [0.29, 0.717) is 5.69 Å². The van der Waals surface area contributed by atoms with E-state index >= 15 is 0 Å². The number of rotatable bonds is 3. The van der Waals surface area contributed by atoms with Crippen molar-refractivity contribution in [1.82, 2.24) is 9.78 Å². The topological polar surface area (TPSA) is 55.1 Å². The van der Waals surface area contributed by atoms with Crippen LogP contribution in [-0.2, 0) is 0 Å². The van der Waals surface area contributed by atoms with Crippen molar-refractivity contribution in [1.29, 1.82) is 0 Å². The number of carboxylic acids is 1. The molecule has 2 aromatic rings. The molecule has 1 aromatic carbocycles. The minimum Gasteiger partial charge on any atom is -0.478 e.